The van der Waals surface area contributed by atoms with Gasteiger partial charge in [0.05, 0.1) is 27.4 Å². The van der Waals surface area contributed by atoms with Crippen molar-refractivity contribution in [2.45, 2.75) is 25.5 Å². The summed E-state index contributed by atoms with van der Waals surface area (Å²) in [6, 6.07) is 7.39. The molecule has 1 fully saturated rings. The summed E-state index contributed by atoms with van der Waals surface area (Å²) in [5, 5.41) is 0. The van der Waals surface area contributed by atoms with Crippen LogP contribution < -0.4 is 14.2 Å². The summed E-state index contributed by atoms with van der Waals surface area (Å²) >= 11 is 0. The van der Waals surface area contributed by atoms with Crippen molar-refractivity contribution >= 4 is 5.91 Å². The number of fused-ring (bicyclic) bond motifs is 1. The zero-order chi connectivity index (χ0) is 19.5. The van der Waals surface area contributed by atoms with E-state index in [2.05, 4.69) is 4.98 Å². The van der Waals surface area contributed by atoms with E-state index in [4.69, 9.17) is 18.9 Å². The number of ether oxygens (including phenoxy) is 4. The highest BCUT2D eigenvalue weighted by Crippen LogP contribution is 2.33. The van der Waals surface area contributed by atoms with Crippen LogP contribution in [0.25, 0.3) is 0 Å². The molecule has 0 bridgehead atoms. The minimum absolute atomic E-state index is 0.00200. The van der Waals surface area contributed by atoms with Crippen molar-refractivity contribution in [3.8, 4) is 17.4 Å². The fraction of sp³-hybridized carbons (Fsp3) is 0.429. The zero-order valence-electron chi connectivity index (χ0n) is 16.1. The normalized spacial score (nSPS) is 18.5. The quantitative estimate of drug-likeness (QED) is 0.789. The van der Waals surface area contributed by atoms with E-state index in [9.17, 15) is 4.79 Å². The topological polar surface area (TPSA) is 70.1 Å². The highest BCUT2D eigenvalue weighted by atomic mass is 16.5. The first-order valence-electron chi connectivity index (χ1n) is 9.41. The van der Waals surface area contributed by atoms with E-state index < -0.39 is 0 Å². The summed E-state index contributed by atoms with van der Waals surface area (Å²) in [6.45, 7) is 2.44. The first-order chi connectivity index (χ1) is 13.7. The van der Waals surface area contributed by atoms with Gasteiger partial charge < -0.3 is 23.8 Å². The summed E-state index contributed by atoms with van der Waals surface area (Å²) in [6.07, 6.45) is 3.23. The summed E-state index contributed by atoms with van der Waals surface area (Å²) in [4.78, 5) is 19.1. The SMILES string of the molecule is COc1cc2c(cc1OC)CN(C(=O)c1ccnc(OC3CCOC3)c1)CC2. The van der Waals surface area contributed by atoms with E-state index in [-0.39, 0.29) is 12.0 Å². The largest absolute Gasteiger partial charge is 0.493 e. The van der Waals surface area contributed by atoms with Crippen molar-refractivity contribution in [3.63, 3.8) is 0 Å². The lowest BCUT2D eigenvalue weighted by Gasteiger charge is -2.29. The molecule has 0 N–H and O–H groups in total. The lowest BCUT2D eigenvalue weighted by atomic mass is 9.98. The van der Waals surface area contributed by atoms with Crippen molar-refractivity contribution in [3.05, 3.63) is 47.2 Å². The van der Waals surface area contributed by atoms with Crippen LogP contribution in [0.4, 0.5) is 0 Å². The Hall–Kier alpha value is -2.80. The molecule has 4 rings (SSSR count). The second-order valence-corrected chi connectivity index (χ2v) is 6.94. The van der Waals surface area contributed by atoms with E-state index in [0.29, 0.717) is 49.2 Å². The molecule has 2 aliphatic rings. The van der Waals surface area contributed by atoms with Crippen LogP contribution in [0.3, 0.4) is 0 Å². The number of hydrogen-bond acceptors (Lipinski definition) is 6. The van der Waals surface area contributed by atoms with Gasteiger partial charge in [0.25, 0.3) is 5.91 Å². The molecule has 0 radical (unpaired) electrons. The monoisotopic (exact) mass is 384 g/mol. The summed E-state index contributed by atoms with van der Waals surface area (Å²) in [5.41, 5.74) is 2.83. The van der Waals surface area contributed by atoms with E-state index in [1.165, 1.54) is 5.56 Å². The fourth-order valence-corrected chi connectivity index (χ4v) is 3.62. The van der Waals surface area contributed by atoms with Gasteiger partial charge in [-0.25, -0.2) is 4.98 Å². The van der Waals surface area contributed by atoms with Gasteiger partial charge in [0.1, 0.15) is 6.10 Å². The van der Waals surface area contributed by atoms with Crippen LogP contribution in [0.1, 0.15) is 27.9 Å². The van der Waals surface area contributed by atoms with Gasteiger partial charge in [0.2, 0.25) is 5.88 Å². The van der Waals surface area contributed by atoms with Gasteiger partial charge in [-0.1, -0.05) is 0 Å². The van der Waals surface area contributed by atoms with Crippen molar-refractivity contribution < 1.29 is 23.7 Å². The third kappa shape index (κ3) is 3.75. The molecular formula is C21H24N2O5. The Morgan fingerprint density at radius 3 is 2.68 bits per heavy atom. The van der Waals surface area contributed by atoms with Crippen LogP contribution in [0.2, 0.25) is 0 Å². The average Bonchev–Trinajstić information content (AvgIpc) is 3.25. The minimum Gasteiger partial charge on any atom is -0.493 e. The molecule has 28 heavy (non-hydrogen) atoms. The molecule has 1 saturated heterocycles. The predicted octanol–water partition coefficient (Wildman–Crippen LogP) is 2.47. The average molecular weight is 384 g/mol. The lowest BCUT2D eigenvalue weighted by Crippen LogP contribution is -2.36. The third-order valence-electron chi connectivity index (χ3n) is 5.16. The number of amides is 1. The predicted molar refractivity (Wildman–Crippen MR) is 102 cm³/mol. The van der Waals surface area contributed by atoms with E-state index >= 15 is 0 Å². The number of rotatable bonds is 5. The number of hydrogen-bond donors (Lipinski definition) is 0. The number of nitrogens with zero attached hydrogens (tertiary/aromatic N) is 2. The molecule has 7 nitrogen and oxygen atoms in total. The molecule has 148 valence electrons. The number of pyridine rings is 1. The standard InChI is InChI=1S/C21H24N2O5/c1-25-18-9-14-4-7-23(12-16(14)10-19(18)26-2)21(24)15-3-6-22-20(11-15)28-17-5-8-27-13-17/h3,6,9-11,17H,4-5,7-8,12-13H2,1-2H3. The van der Waals surface area contributed by atoms with Crippen molar-refractivity contribution in [1.82, 2.24) is 9.88 Å². The van der Waals surface area contributed by atoms with Crippen LogP contribution in [0.15, 0.2) is 30.5 Å². The first kappa shape index (κ1) is 18.6. The lowest BCUT2D eigenvalue weighted by molar-refractivity contribution is 0.0733. The van der Waals surface area contributed by atoms with Crippen LogP contribution in [-0.2, 0) is 17.7 Å². The Morgan fingerprint density at radius 1 is 1.18 bits per heavy atom. The number of benzene rings is 1. The molecule has 2 aromatic rings. The van der Waals surface area contributed by atoms with Crippen LogP contribution in [0, 0.1) is 0 Å². The summed E-state index contributed by atoms with van der Waals surface area (Å²) < 4.78 is 21.9. The van der Waals surface area contributed by atoms with Crippen LogP contribution >= 0.6 is 0 Å². The molecule has 7 heteroatoms. The molecule has 0 spiro atoms. The van der Waals surface area contributed by atoms with Gasteiger partial charge in [0, 0.05) is 37.3 Å². The molecular weight excluding hydrogens is 360 g/mol. The molecule has 0 saturated carbocycles. The van der Waals surface area contributed by atoms with E-state index in [1.807, 2.05) is 17.0 Å². The maximum Gasteiger partial charge on any atom is 0.254 e. The molecule has 1 aromatic heterocycles. The van der Waals surface area contributed by atoms with E-state index in [0.717, 1.165) is 18.4 Å². The highest BCUT2D eigenvalue weighted by Gasteiger charge is 2.25. The van der Waals surface area contributed by atoms with Crippen molar-refractivity contribution in [1.29, 1.82) is 0 Å². The van der Waals surface area contributed by atoms with Gasteiger partial charge >= 0.3 is 0 Å². The zero-order valence-corrected chi connectivity index (χ0v) is 16.1. The van der Waals surface area contributed by atoms with Gasteiger partial charge in [-0.2, -0.15) is 0 Å². The van der Waals surface area contributed by atoms with Gasteiger partial charge in [-0.3, -0.25) is 4.79 Å². The Morgan fingerprint density at radius 2 is 1.96 bits per heavy atom. The third-order valence-corrected chi connectivity index (χ3v) is 5.16. The van der Waals surface area contributed by atoms with Gasteiger partial charge in [-0.05, 0) is 35.7 Å². The molecule has 0 aliphatic carbocycles. The number of methoxy groups -OCH3 is 2. The number of carbonyl (C=O) groups excluding carboxylic acids is 1. The molecule has 1 unspecified atom stereocenters. The van der Waals surface area contributed by atoms with Crippen molar-refractivity contribution in [2.75, 3.05) is 34.0 Å². The maximum atomic E-state index is 13.0. The van der Waals surface area contributed by atoms with Crippen molar-refractivity contribution in [2.24, 2.45) is 0 Å². The highest BCUT2D eigenvalue weighted by molar-refractivity contribution is 5.94. The second kappa shape index (κ2) is 8.06. The molecule has 1 aromatic carbocycles. The Balaban J connectivity index is 1.50. The van der Waals surface area contributed by atoms with Crippen LogP contribution in [0.5, 0.6) is 17.4 Å². The van der Waals surface area contributed by atoms with Gasteiger partial charge in [0.15, 0.2) is 11.5 Å². The Kier molecular flexibility index (Phi) is 5.34. The molecule has 1 amide bonds. The number of aromatic nitrogens is 1. The van der Waals surface area contributed by atoms with Crippen LogP contribution in [-0.4, -0.2) is 55.9 Å². The van der Waals surface area contributed by atoms with Gasteiger partial charge in [-0.15, -0.1) is 0 Å². The fourth-order valence-electron chi connectivity index (χ4n) is 3.62. The Labute approximate surface area is 164 Å². The number of carbonyl (C=O) groups is 1. The smallest absolute Gasteiger partial charge is 0.254 e. The Bertz CT molecular complexity index is 864. The molecule has 2 aliphatic heterocycles. The maximum absolute atomic E-state index is 13.0. The summed E-state index contributed by atoms with van der Waals surface area (Å²) in [5.74, 6) is 1.82. The summed E-state index contributed by atoms with van der Waals surface area (Å²) in [7, 11) is 3.24. The minimum atomic E-state index is -0.0321. The van der Waals surface area contributed by atoms with E-state index in [1.54, 1.807) is 32.5 Å². The second-order valence-electron chi connectivity index (χ2n) is 6.94. The molecule has 1 atom stereocenters. The molecule has 3 heterocycles. The first-order valence-corrected chi connectivity index (χ1v) is 9.41.